The second-order valence-electron chi connectivity index (χ2n) is 3.79. The quantitative estimate of drug-likeness (QED) is 0.434. The van der Waals surface area contributed by atoms with Crippen molar-refractivity contribution >= 4 is 11.9 Å². The van der Waals surface area contributed by atoms with Gasteiger partial charge < -0.3 is 10.5 Å². The first kappa shape index (κ1) is 11.8. The average molecular weight is 211 g/mol. The summed E-state index contributed by atoms with van der Waals surface area (Å²) >= 11 is 0. The third-order valence-electron chi connectivity index (χ3n) is 2.47. The van der Waals surface area contributed by atoms with Crippen LogP contribution in [0.15, 0.2) is 12.2 Å². The summed E-state index contributed by atoms with van der Waals surface area (Å²) in [4.78, 5) is 21.6. The van der Waals surface area contributed by atoms with Crippen LogP contribution >= 0.6 is 0 Å². The Hall–Kier alpha value is -1.32. The predicted molar refractivity (Wildman–Crippen MR) is 55.9 cm³/mol. The van der Waals surface area contributed by atoms with Gasteiger partial charge in [-0.15, -0.1) is 0 Å². The Morgan fingerprint density at radius 1 is 1.07 bits per heavy atom. The number of hydrogen-bond acceptors (Lipinski definition) is 3. The number of carbonyl (C=O) groups excluding carboxylic acids is 2. The van der Waals surface area contributed by atoms with Gasteiger partial charge in [0.05, 0.1) is 0 Å². The highest BCUT2D eigenvalue weighted by Crippen LogP contribution is 2.19. The van der Waals surface area contributed by atoms with Gasteiger partial charge in [-0.1, -0.05) is 12.8 Å². The molecule has 15 heavy (non-hydrogen) atoms. The molecule has 0 aromatic heterocycles. The molecular weight excluding hydrogens is 194 g/mol. The molecule has 2 N–H and O–H groups in total. The van der Waals surface area contributed by atoms with Crippen LogP contribution in [-0.2, 0) is 14.3 Å². The van der Waals surface area contributed by atoms with Crippen LogP contribution in [0.4, 0.5) is 0 Å². The number of primary amides is 1. The zero-order chi connectivity index (χ0) is 11.1. The minimum Gasteiger partial charge on any atom is -0.459 e. The van der Waals surface area contributed by atoms with E-state index in [0.717, 1.165) is 37.8 Å². The van der Waals surface area contributed by atoms with Crippen LogP contribution in [-0.4, -0.2) is 18.0 Å². The van der Waals surface area contributed by atoms with Gasteiger partial charge in [0.1, 0.15) is 6.10 Å². The van der Waals surface area contributed by atoms with E-state index in [4.69, 9.17) is 10.5 Å². The number of esters is 1. The molecule has 84 valence electrons. The molecule has 0 bridgehead atoms. The molecule has 1 aliphatic carbocycles. The van der Waals surface area contributed by atoms with E-state index in [1.807, 2.05) is 0 Å². The van der Waals surface area contributed by atoms with Crippen LogP contribution in [0.25, 0.3) is 0 Å². The van der Waals surface area contributed by atoms with Gasteiger partial charge in [-0.2, -0.15) is 0 Å². The molecule has 0 atom stereocenters. The Morgan fingerprint density at radius 3 is 2.20 bits per heavy atom. The zero-order valence-corrected chi connectivity index (χ0v) is 8.78. The average Bonchev–Trinajstić information content (AvgIpc) is 2.43. The highest BCUT2D eigenvalue weighted by Gasteiger charge is 2.15. The van der Waals surface area contributed by atoms with Crippen LogP contribution in [0.1, 0.15) is 38.5 Å². The molecule has 0 spiro atoms. The summed E-state index contributed by atoms with van der Waals surface area (Å²) in [5.74, 6) is -1.10. The smallest absolute Gasteiger partial charge is 0.331 e. The molecule has 1 saturated carbocycles. The Labute approximate surface area is 89.5 Å². The van der Waals surface area contributed by atoms with E-state index < -0.39 is 11.9 Å². The van der Waals surface area contributed by atoms with Crippen molar-refractivity contribution in [3.63, 3.8) is 0 Å². The highest BCUT2D eigenvalue weighted by atomic mass is 16.5. The molecule has 0 aliphatic heterocycles. The highest BCUT2D eigenvalue weighted by molar-refractivity contribution is 5.93. The Kier molecular flexibility index (Phi) is 4.87. The van der Waals surface area contributed by atoms with E-state index in [1.165, 1.54) is 12.8 Å². The number of amides is 1. The van der Waals surface area contributed by atoms with Crippen LogP contribution in [0.2, 0.25) is 0 Å². The van der Waals surface area contributed by atoms with E-state index in [0.29, 0.717) is 0 Å². The molecule has 4 heteroatoms. The second kappa shape index (κ2) is 6.22. The molecule has 0 aromatic rings. The monoisotopic (exact) mass is 211 g/mol. The van der Waals surface area contributed by atoms with Crippen LogP contribution in [0, 0.1) is 0 Å². The Balaban J connectivity index is 2.32. The van der Waals surface area contributed by atoms with E-state index >= 15 is 0 Å². The lowest BCUT2D eigenvalue weighted by Gasteiger charge is -2.13. The molecule has 1 fully saturated rings. The summed E-state index contributed by atoms with van der Waals surface area (Å²) in [6.07, 6.45) is 8.63. The molecule has 1 rings (SSSR count). The minimum atomic E-state index is -0.632. The Morgan fingerprint density at radius 2 is 1.67 bits per heavy atom. The standard InChI is InChI=1S/C11H17NO3/c12-10(13)7-8-11(14)15-9-5-3-1-2-4-6-9/h7-9H,1-6H2,(H2,12,13). The lowest BCUT2D eigenvalue weighted by Crippen LogP contribution is -2.16. The van der Waals surface area contributed by atoms with Gasteiger partial charge in [0, 0.05) is 12.2 Å². The predicted octanol–water partition coefficient (Wildman–Crippen LogP) is 1.29. The lowest BCUT2D eigenvalue weighted by molar-refractivity contribution is -0.143. The summed E-state index contributed by atoms with van der Waals surface area (Å²) < 4.78 is 5.19. The first-order valence-corrected chi connectivity index (χ1v) is 5.36. The zero-order valence-electron chi connectivity index (χ0n) is 8.78. The van der Waals surface area contributed by atoms with Crippen molar-refractivity contribution < 1.29 is 14.3 Å². The summed E-state index contributed by atoms with van der Waals surface area (Å²) in [5, 5.41) is 0. The van der Waals surface area contributed by atoms with Gasteiger partial charge in [-0.3, -0.25) is 4.79 Å². The molecular formula is C11H17NO3. The van der Waals surface area contributed by atoms with E-state index in [2.05, 4.69) is 0 Å². The minimum absolute atomic E-state index is 0.0116. The topological polar surface area (TPSA) is 69.4 Å². The SMILES string of the molecule is NC(=O)C=CC(=O)OC1CCCCCC1. The third-order valence-corrected chi connectivity index (χ3v) is 2.47. The number of ether oxygens (including phenoxy) is 1. The molecule has 0 aromatic carbocycles. The molecule has 0 saturated heterocycles. The number of rotatable bonds is 3. The molecule has 1 aliphatic rings. The van der Waals surface area contributed by atoms with Crippen LogP contribution < -0.4 is 5.73 Å². The van der Waals surface area contributed by atoms with Gasteiger partial charge in [0.15, 0.2) is 0 Å². The Bertz CT molecular complexity index is 253. The van der Waals surface area contributed by atoms with Gasteiger partial charge in [-0.25, -0.2) is 4.79 Å². The third kappa shape index (κ3) is 5.20. The fourth-order valence-corrected chi connectivity index (χ4v) is 1.71. The number of hydrogen-bond donors (Lipinski definition) is 1. The van der Waals surface area contributed by atoms with Crippen molar-refractivity contribution in [3.05, 3.63) is 12.2 Å². The van der Waals surface area contributed by atoms with E-state index in [-0.39, 0.29) is 6.10 Å². The summed E-state index contributed by atoms with van der Waals surface area (Å²) in [7, 11) is 0. The molecule has 4 nitrogen and oxygen atoms in total. The summed E-state index contributed by atoms with van der Waals surface area (Å²) in [6.45, 7) is 0. The second-order valence-corrected chi connectivity index (χ2v) is 3.79. The van der Waals surface area contributed by atoms with Gasteiger partial charge in [0.2, 0.25) is 5.91 Å². The van der Waals surface area contributed by atoms with Crippen LogP contribution in [0.5, 0.6) is 0 Å². The van der Waals surface area contributed by atoms with Gasteiger partial charge in [0.25, 0.3) is 0 Å². The van der Waals surface area contributed by atoms with Crippen LogP contribution in [0.3, 0.4) is 0 Å². The first-order valence-electron chi connectivity index (χ1n) is 5.36. The fraction of sp³-hybridized carbons (Fsp3) is 0.636. The van der Waals surface area contributed by atoms with Crippen molar-refractivity contribution in [2.24, 2.45) is 5.73 Å². The van der Waals surface area contributed by atoms with Crippen molar-refractivity contribution in [1.29, 1.82) is 0 Å². The number of nitrogens with two attached hydrogens (primary N) is 1. The van der Waals surface area contributed by atoms with Crippen molar-refractivity contribution in [1.82, 2.24) is 0 Å². The lowest BCUT2D eigenvalue weighted by atomic mass is 10.1. The molecule has 1 amide bonds. The first-order chi connectivity index (χ1) is 7.18. The van der Waals surface area contributed by atoms with Crippen molar-refractivity contribution in [3.8, 4) is 0 Å². The summed E-state index contributed by atoms with van der Waals surface area (Å²) in [5.41, 5.74) is 4.87. The summed E-state index contributed by atoms with van der Waals surface area (Å²) in [6, 6.07) is 0. The van der Waals surface area contributed by atoms with Crippen molar-refractivity contribution in [2.45, 2.75) is 44.6 Å². The maximum Gasteiger partial charge on any atom is 0.331 e. The molecule has 0 unspecified atom stereocenters. The molecule has 0 heterocycles. The van der Waals surface area contributed by atoms with Gasteiger partial charge in [-0.05, 0) is 25.7 Å². The maximum atomic E-state index is 11.2. The largest absolute Gasteiger partial charge is 0.459 e. The normalized spacial score (nSPS) is 18.7. The van der Waals surface area contributed by atoms with Gasteiger partial charge >= 0.3 is 5.97 Å². The van der Waals surface area contributed by atoms with Crippen molar-refractivity contribution in [2.75, 3.05) is 0 Å². The van der Waals surface area contributed by atoms with E-state index in [1.54, 1.807) is 0 Å². The van der Waals surface area contributed by atoms with E-state index in [9.17, 15) is 9.59 Å². The molecule has 0 radical (unpaired) electrons. The number of carbonyl (C=O) groups is 2. The maximum absolute atomic E-state index is 11.2. The fourth-order valence-electron chi connectivity index (χ4n) is 1.71.